The van der Waals surface area contributed by atoms with Crippen molar-refractivity contribution in [1.82, 2.24) is 5.32 Å². The predicted octanol–water partition coefficient (Wildman–Crippen LogP) is 3.59. The van der Waals surface area contributed by atoms with Gasteiger partial charge < -0.3 is 5.32 Å². The molecule has 0 amide bonds. The molecule has 2 atom stereocenters. The molecule has 15 heavy (non-hydrogen) atoms. The van der Waals surface area contributed by atoms with Crippen LogP contribution in [-0.4, -0.2) is 13.1 Å². The topological polar surface area (TPSA) is 12.0 Å². The van der Waals surface area contributed by atoms with E-state index in [2.05, 4.69) is 26.1 Å². The number of piperidine rings is 1. The summed E-state index contributed by atoms with van der Waals surface area (Å²) in [5, 5.41) is 3.60. The lowest BCUT2D eigenvalue weighted by Crippen LogP contribution is -2.54. The molecule has 2 rings (SSSR count). The van der Waals surface area contributed by atoms with Gasteiger partial charge in [-0.2, -0.15) is 0 Å². The molecular formula is C14H27N. The number of nitrogens with one attached hydrogen (secondary N) is 1. The molecule has 1 aliphatic carbocycles. The van der Waals surface area contributed by atoms with Crippen molar-refractivity contribution in [1.29, 1.82) is 0 Å². The van der Waals surface area contributed by atoms with Gasteiger partial charge >= 0.3 is 0 Å². The average Bonchev–Trinajstić information content (AvgIpc) is 2.23. The number of hydrogen-bond acceptors (Lipinski definition) is 1. The smallest absolute Gasteiger partial charge is 0.00151 e. The van der Waals surface area contributed by atoms with Crippen molar-refractivity contribution in [3.8, 4) is 0 Å². The molecule has 2 aliphatic rings. The molecule has 1 N–H and O–H groups in total. The largest absolute Gasteiger partial charge is 0.316 e. The molecule has 0 bridgehead atoms. The van der Waals surface area contributed by atoms with Crippen LogP contribution >= 0.6 is 0 Å². The van der Waals surface area contributed by atoms with Gasteiger partial charge in [-0.15, -0.1) is 0 Å². The summed E-state index contributed by atoms with van der Waals surface area (Å²) in [5.41, 5.74) is 1.24. The summed E-state index contributed by atoms with van der Waals surface area (Å²) in [4.78, 5) is 0. The van der Waals surface area contributed by atoms with Gasteiger partial charge in [0.15, 0.2) is 0 Å². The van der Waals surface area contributed by atoms with E-state index in [1.165, 1.54) is 51.6 Å². The molecule has 2 fully saturated rings. The monoisotopic (exact) mass is 209 g/mol. The molecule has 1 heterocycles. The first-order valence-corrected chi connectivity index (χ1v) is 6.83. The molecule has 1 aliphatic heterocycles. The van der Waals surface area contributed by atoms with Crippen LogP contribution in [0.4, 0.5) is 0 Å². The highest BCUT2D eigenvalue weighted by Gasteiger charge is 2.51. The van der Waals surface area contributed by atoms with Gasteiger partial charge in [-0.05, 0) is 49.1 Å². The van der Waals surface area contributed by atoms with E-state index in [0.717, 1.165) is 5.92 Å². The van der Waals surface area contributed by atoms with Gasteiger partial charge in [-0.3, -0.25) is 0 Å². The first-order chi connectivity index (χ1) is 7.12. The molecular weight excluding hydrogens is 182 g/mol. The van der Waals surface area contributed by atoms with Crippen LogP contribution < -0.4 is 5.32 Å². The molecule has 88 valence electrons. The van der Waals surface area contributed by atoms with Crippen molar-refractivity contribution >= 4 is 0 Å². The third-order valence-corrected chi connectivity index (χ3v) is 5.44. The quantitative estimate of drug-likeness (QED) is 0.696. The normalized spacial score (nSPS) is 40.6. The minimum atomic E-state index is 0.577. The van der Waals surface area contributed by atoms with E-state index in [9.17, 15) is 0 Å². The van der Waals surface area contributed by atoms with Crippen LogP contribution in [0.15, 0.2) is 0 Å². The Morgan fingerprint density at radius 2 is 1.87 bits per heavy atom. The highest BCUT2D eigenvalue weighted by Crippen LogP contribution is 2.58. The third-order valence-electron chi connectivity index (χ3n) is 5.44. The maximum absolute atomic E-state index is 3.60. The molecule has 1 heteroatoms. The van der Waals surface area contributed by atoms with E-state index in [1.807, 2.05) is 0 Å². The lowest BCUT2D eigenvalue weighted by molar-refractivity contribution is -0.0623. The van der Waals surface area contributed by atoms with Crippen LogP contribution in [0.1, 0.15) is 59.3 Å². The van der Waals surface area contributed by atoms with Crippen LogP contribution in [0.3, 0.4) is 0 Å². The second-order valence-electron chi connectivity index (χ2n) is 6.31. The van der Waals surface area contributed by atoms with Gasteiger partial charge in [0.2, 0.25) is 0 Å². The highest BCUT2D eigenvalue weighted by atomic mass is 14.9. The van der Waals surface area contributed by atoms with Crippen LogP contribution in [0, 0.1) is 16.7 Å². The highest BCUT2D eigenvalue weighted by molar-refractivity contribution is 5.02. The Morgan fingerprint density at radius 1 is 1.13 bits per heavy atom. The predicted molar refractivity (Wildman–Crippen MR) is 65.9 cm³/mol. The van der Waals surface area contributed by atoms with Gasteiger partial charge in [0, 0.05) is 0 Å². The Hall–Kier alpha value is -0.0400. The van der Waals surface area contributed by atoms with Crippen LogP contribution in [-0.2, 0) is 0 Å². The Balaban J connectivity index is 2.26. The van der Waals surface area contributed by atoms with E-state index < -0.39 is 0 Å². The molecule has 0 radical (unpaired) electrons. The molecule has 0 aromatic rings. The fraction of sp³-hybridized carbons (Fsp3) is 1.00. The van der Waals surface area contributed by atoms with Crippen LogP contribution in [0.25, 0.3) is 0 Å². The van der Waals surface area contributed by atoms with E-state index in [-0.39, 0.29) is 0 Å². The Labute approximate surface area is 95.0 Å². The lowest BCUT2D eigenvalue weighted by Gasteiger charge is -2.57. The van der Waals surface area contributed by atoms with Crippen molar-refractivity contribution in [3.63, 3.8) is 0 Å². The van der Waals surface area contributed by atoms with Crippen molar-refractivity contribution in [3.05, 3.63) is 0 Å². The van der Waals surface area contributed by atoms with E-state index in [1.54, 1.807) is 0 Å². The lowest BCUT2D eigenvalue weighted by atomic mass is 9.50. The van der Waals surface area contributed by atoms with Gasteiger partial charge in [0.25, 0.3) is 0 Å². The zero-order valence-corrected chi connectivity index (χ0v) is 10.7. The van der Waals surface area contributed by atoms with E-state index in [0.29, 0.717) is 10.8 Å². The maximum Gasteiger partial charge on any atom is -0.00151 e. The van der Waals surface area contributed by atoms with Crippen molar-refractivity contribution in [2.24, 2.45) is 16.7 Å². The first-order valence-electron chi connectivity index (χ1n) is 6.83. The Kier molecular flexibility index (Phi) is 3.12. The summed E-state index contributed by atoms with van der Waals surface area (Å²) in [7, 11) is 0. The van der Waals surface area contributed by atoms with Crippen molar-refractivity contribution in [2.75, 3.05) is 13.1 Å². The SMILES string of the molecule is CCC1CNCCC12CCCCC2(C)C. The molecule has 1 saturated carbocycles. The van der Waals surface area contributed by atoms with Crippen molar-refractivity contribution in [2.45, 2.75) is 59.3 Å². The fourth-order valence-corrected chi connectivity index (χ4v) is 4.34. The number of rotatable bonds is 1. The molecule has 1 nitrogen and oxygen atoms in total. The van der Waals surface area contributed by atoms with Gasteiger partial charge in [-0.1, -0.05) is 40.0 Å². The summed E-state index contributed by atoms with van der Waals surface area (Å²) in [5.74, 6) is 0.918. The fourth-order valence-electron chi connectivity index (χ4n) is 4.34. The Morgan fingerprint density at radius 3 is 2.53 bits per heavy atom. The van der Waals surface area contributed by atoms with E-state index in [4.69, 9.17) is 0 Å². The average molecular weight is 209 g/mol. The zero-order valence-electron chi connectivity index (χ0n) is 10.7. The second kappa shape index (κ2) is 4.08. The molecule has 0 aromatic carbocycles. The third kappa shape index (κ3) is 1.73. The summed E-state index contributed by atoms with van der Waals surface area (Å²) in [6.07, 6.45) is 8.64. The molecule has 1 saturated heterocycles. The maximum atomic E-state index is 3.60. The molecule has 1 spiro atoms. The van der Waals surface area contributed by atoms with Crippen LogP contribution in [0.2, 0.25) is 0 Å². The molecule has 0 aromatic heterocycles. The summed E-state index contributed by atoms with van der Waals surface area (Å²) >= 11 is 0. The minimum Gasteiger partial charge on any atom is -0.316 e. The number of hydrogen-bond donors (Lipinski definition) is 1. The van der Waals surface area contributed by atoms with Crippen LogP contribution in [0.5, 0.6) is 0 Å². The van der Waals surface area contributed by atoms with Gasteiger partial charge in [0.05, 0.1) is 0 Å². The van der Waals surface area contributed by atoms with Crippen molar-refractivity contribution < 1.29 is 0 Å². The summed E-state index contributed by atoms with van der Waals surface area (Å²) in [6.45, 7) is 9.95. The molecule has 2 unspecified atom stereocenters. The van der Waals surface area contributed by atoms with Gasteiger partial charge in [0.1, 0.15) is 0 Å². The van der Waals surface area contributed by atoms with E-state index >= 15 is 0 Å². The van der Waals surface area contributed by atoms with Gasteiger partial charge in [-0.25, -0.2) is 0 Å². The zero-order chi connectivity index (χ0) is 10.9. The minimum absolute atomic E-state index is 0.577. The Bertz CT molecular complexity index is 215. The first kappa shape index (κ1) is 11.4. The standard InChI is InChI=1S/C14H27N/c1-4-12-11-15-10-9-14(12)8-6-5-7-13(14,2)3/h12,15H,4-11H2,1-3H3. The summed E-state index contributed by atoms with van der Waals surface area (Å²) < 4.78 is 0. The second-order valence-corrected chi connectivity index (χ2v) is 6.31. The summed E-state index contributed by atoms with van der Waals surface area (Å²) in [6, 6.07) is 0.